The van der Waals surface area contributed by atoms with Crippen molar-refractivity contribution in [3.05, 3.63) is 95.4 Å². The zero-order chi connectivity index (χ0) is 19.6. The SMILES string of the molecule is Fc1ccc(C=Cc2nc3c(Oc4ccccc4)cccc3c3c2CCS3)cc1. The van der Waals surface area contributed by atoms with E-state index in [1.807, 2.05) is 66.4 Å². The van der Waals surface area contributed by atoms with Crippen molar-refractivity contribution in [2.45, 2.75) is 11.3 Å². The van der Waals surface area contributed by atoms with Gasteiger partial charge in [-0.15, -0.1) is 11.8 Å². The van der Waals surface area contributed by atoms with E-state index in [2.05, 4.69) is 6.07 Å². The molecule has 29 heavy (non-hydrogen) atoms. The summed E-state index contributed by atoms with van der Waals surface area (Å²) >= 11 is 1.87. The van der Waals surface area contributed by atoms with E-state index in [0.717, 1.165) is 45.8 Å². The highest BCUT2D eigenvalue weighted by atomic mass is 32.2. The summed E-state index contributed by atoms with van der Waals surface area (Å²) in [5.74, 6) is 2.36. The number of hydrogen-bond acceptors (Lipinski definition) is 3. The first kappa shape index (κ1) is 18.0. The summed E-state index contributed by atoms with van der Waals surface area (Å²) in [7, 11) is 0. The Labute approximate surface area is 173 Å². The van der Waals surface area contributed by atoms with Crippen molar-refractivity contribution in [2.75, 3.05) is 5.75 Å². The van der Waals surface area contributed by atoms with Gasteiger partial charge in [0.1, 0.15) is 17.1 Å². The summed E-state index contributed by atoms with van der Waals surface area (Å²) < 4.78 is 19.3. The fraction of sp³-hybridized carbons (Fsp3) is 0.0800. The van der Waals surface area contributed by atoms with E-state index in [1.54, 1.807) is 12.1 Å². The number of fused-ring (bicyclic) bond motifs is 3. The number of aromatic nitrogens is 1. The van der Waals surface area contributed by atoms with E-state index in [-0.39, 0.29) is 5.82 Å². The molecule has 0 unspecified atom stereocenters. The van der Waals surface area contributed by atoms with E-state index in [9.17, 15) is 4.39 Å². The molecule has 2 nitrogen and oxygen atoms in total. The number of halogens is 1. The minimum atomic E-state index is -0.231. The van der Waals surface area contributed by atoms with E-state index in [4.69, 9.17) is 9.72 Å². The summed E-state index contributed by atoms with van der Waals surface area (Å²) in [5.41, 5.74) is 4.04. The maximum absolute atomic E-state index is 13.2. The molecular weight excluding hydrogens is 381 g/mol. The second-order valence-corrected chi connectivity index (χ2v) is 7.96. The van der Waals surface area contributed by atoms with Crippen LogP contribution in [0.4, 0.5) is 4.39 Å². The zero-order valence-electron chi connectivity index (χ0n) is 15.6. The third-order valence-electron chi connectivity index (χ3n) is 4.93. The van der Waals surface area contributed by atoms with Crippen LogP contribution in [0.5, 0.6) is 11.5 Å². The van der Waals surface area contributed by atoms with Gasteiger partial charge in [0, 0.05) is 16.0 Å². The van der Waals surface area contributed by atoms with Gasteiger partial charge in [-0.1, -0.05) is 48.5 Å². The summed E-state index contributed by atoms with van der Waals surface area (Å²) in [4.78, 5) is 6.26. The first-order valence-electron chi connectivity index (χ1n) is 9.53. The van der Waals surface area contributed by atoms with Gasteiger partial charge in [-0.25, -0.2) is 9.37 Å². The Morgan fingerprint density at radius 2 is 1.72 bits per heavy atom. The molecular formula is C25H18FNOS. The molecule has 142 valence electrons. The molecule has 1 aliphatic rings. The van der Waals surface area contributed by atoms with Crippen LogP contribution >= 0.6 is 11.8 Å². The average molecular weight is 399 g/mol. The van der Waals surface area contributed by atoms with Crippen molar-refractivity contribution in [3.8, 4) is 11.5 Å². The molecule has 0 amide bonds. The monoisotopic (exact) mass is 399 g/mol. The lowest BCUT2D eigenvalue weighted by Crippen LogP contribution is -1.96. The van der Waals surface area contributed by atoms with Crippen molar-refractivity contribution in [3.63, 3.8) is 0 Å². The van der Waals surface area contributed by atoms with Crippen LogP contribution < -0.4 is 4.74 Å². The normalized spacial score (nSPS) is 13.1. The maximum Gasteiger partial charge on any atom is 0.153 e. The van der Waals surface area contributed by atoms with Crippen molar-refractivity contribution in [1.82, 2.24) is 4.98 Å². The Balaban J connectivity index is 1.61. The number of pyridine rings is 1. The van der Waals surface area contributed by atoms with Crippen molar-refractivity contribution in [2.24, 2.45) is 0 Å². The molecule has 0 saturated heterocycles. The molecule has 5 rings (SSSR count). The number of rotatable bonds is 4. The standard InChI is InChI=1S/C25H18FNOS/c26-18-12-9-17(10-13-18)11-14-22-20-15-16-29-25(20)21-7-4-8-23(24(21)27-22)28-19-5-2-1-3-6-19/h1-14H,15-16H2. The summed E-state index contributed by atoms with van der Waals surface area (Å²) in [6.45, 7) is 0. The Kier molecular flexibility index (Phi) is 4.78. The minimum Gasteiger partial charge on any atom is -0.455 e. The second kappa shape index (κ2) is 7.72. The first-order valence-corrected chi connectivity index (χ1v) is 10.5. The van der Waals surface area contributed by atoms with Gasteiger partial charge in [0.05, 0.1) is 5.69 Å². The average Bonchev–Trinajstić information content (AvgIpc) is 3.25. The van der Waals surface area contributed by atoms with Gasteiger partial charge in [0.15, 0.2) is 5.75 Å². The molecule has 0 atom stereocenters. The van der Waals surface area contributed by atoms with Gasteiger partial charge in [0.2, 0.25) is 0 Å². The molecule has 0 spiro atoms. The number of ether oxygens (including phenoxy) is 1. The predicted octanol–water partition coefficient (Wildman–Crippen LogP) is 6.98. The number of hydrogen-bond donors (Lipinski definition) is 0. The molecule has 0 fully saturated rings. The van der Waals surface area contributed by atoms with Gasteiger partial charge in [0.25, 0.3) is 0 Å². The van der Waals surface area contributed by atoms with Gasteiger partial charge in [-0.05, 0) is 54.0 Å². The lowest BCUT2D eigenvalue weighted by Gasteiger charge is -2.12. The largest absolute Gasteiger partial charge is 0.455 e. The predicted molar refractivity (Wildman–Crippen MR) is 118 cm³/mol. The molecule has 1 aliphatic heterocycles. The van der Waals surface area contributed by atoms with Crippen LogP contribution in [-0.2, 0) is 6.42 Å². The van der Waals surface area contributed by atoms with E-state index < -0.39 is 0 Å². The highest BCUT2D eigenvalue weighted by Crippen LogP contribution is 2.41. The van der Waals surface area contributed by atoms with Crippen LogP contribution in [0.15, 0.2) is 77.7 Å². The van der Waals surface area contributed by atoms with Crippen LogP contribution in [-0.4, -0.2) is 10.7 Å². The van der Waals surface area contributed by atoms with E-state index in [0.29, 0.717) is 0 Å². The molecule has 0 N–H and O–H groups in total. The lowest BCUT2D eigenvalue weighted by atomic mass is 10.1. The molecule has 3 aromatic carbocycles. The van der Waals surface area contributed by atoms with Crippen LogP contribution in [0, 0.1) is 5.82 Å². The number of thioether (sulfide) groups is 1. The van der Waals surface area contributed by atoms with Crippen molar-refractivity contribution >= 4 is 34.8 Å². The number of benzene rings is 3. The Bertz CT molecular complexity index is 1200. The molecule has 0 aliphatic carbocycles. The molecule has 1 aromatic heterocycles. The highest BCUT2D eigenvalue weighted by molar-refractivity contribution is 7.99. The van der Waals surface area contributed by atoms with Gasteiger partial charge in [-0.2, -0.15) is 0 Å². The first-order chi connectivity index (χ1) is 14.3. The molecule has 4 heteroatoms. The summed E-state index contributed by atoms with van der Waals surface area (Å²) in [6, 6.07) is 22.3. The Hall–Kier alpha value is -3.11. The topological polar surface area (TPSA) is 22.1 Å². The summed E-state index contributed by atoms with van der Waals surface area (Å²) in [5, 5.41) is 1.13. The molecule has 4 aromatic rings. The van der Waals surface area contributed by atoms with Gasteiger partial charge < -0.3 is 4.74 Å². The van der Waals surface area contributed by atoms with Crippen molar-refractivity contribution in [1.29, 1.82) is 0 Å². The molecule has 2 heterocycles. The fourth-order valence-corrected chi connectivity index (χ4v) is 4.75. The maximum atomic E-state index is 13.2. The number of para-hydroxylation sites is 2. The van der Waals surface area contributed by atoms with Gasteiger partial charge >= 0.3 is 0 Å². The number of nitrogens with zero attached hydrogens (tertiary/aromatic N) is 1. The van der Waals surface area contributed by atoms with Crippen LogP contribution in [0.1, 0.15) is 16.8 Å². The Morgan fingerprint density at radius 3 is 2.55 bits per heavy atom. The quantitative estimate of drug-likeness (QED) is 0.369. The van der Waals surface area contributed by atoms with Crippen molar-refractivity contribution < 1.29 is 9.13 Å². The minimum absolute atomic E-state index is 0.231. The second-order valence-electron chi connectivity index (χ2n) is 6.86. The smallest absolute Gasteiger partial charge is 0.153 e. The zero-order valence-corrected chi connectivity index (χ0v) is 16.5. The molecule has 0 radical (unpaired) electrons. The van der Waals surface area contributed by atoms with E-state index >= 15 is 0 Å². The van der Waals surface area contributed by atoms with E-state index in [1.165, 1.54) is 22.6 Å². The van der Waals surface area contributed by atoms with Crippen LogP contribution in [0.2, 0.25) is 0 Å². The summed E-state index contributed by atoms with van der Waals surface area (Å²) in [6.07, 6.45) is 5.00. The lowest BCUT2D eigenvalue weighted by molar-refractivity contribution is 0.487. The fourth-order valence-electron chi connectivity index (χ4n) is 3.53. The Morgan fingerprint density at radius 1 is 0.897 bits per heavy atom. The van der Waals surface area contributed by atoms with Crippen LogP contribution in [0.3, 0.4) is 0 Å². The third kappa shape index (κ3) is 3.64. The third-order valence-corrected chi connectivity index (χ3v) is 6.10. The molecule has 0 bridgehead atoms. The highest BCUT2D eigenvalue weighted by Gasteiger charge is 2.21. The molecule has 0 saturated carbocycles. The van der Waals surface area contributed by atoms with Crippen LogP contribution in [0.25, 0.3) is 23.1 Å². The van der Waals surface area contributed by atoms with Gasteiger partial charge in [-0.3, -0.25) is 0 Å².